The van der Waals surface area contributed by atoms with Crippen molar-refractivity contribution >= 4 is 18.8 Å². The number of aromatic amines is 1. The number of aromatic nitrogens is 2. The van der Waals surface area contributed by atoms with Crippen LogP contribution in [0.25, 0.3) is 0 Å². The van der Waals surface area contributed by atoms with Crippen LogP contribution in [-0.4, -0.2) is 40.9 Å². The van der Waals surface area contributed by atoms with E-state index in [9.17, 15) is 18.9 Å². The highest BCUT2D eigenvalue weighted by Gasteiger charge is 2.36. The Balaban J connectivity index is 1.69. The maximum atomic E-state index is 13.6. The van der Waals surface area contributed by atoms with Gasteiger partial charge >= 0.3 is 11.7 Å². The minimum Gasteiger partial charge on any atom is -0.462 e. The van der Waals surface area contributed by atoms with Gasteiger partial charge in [0.2, 0.25) is 0 Å². The predicted octanol–water partition coefficient (Wildman–Crippen LogP) is 1.54. The summed E-state index contributed by atoms with van der Waals surface area (Å²) in [4.78, 5) is 37.6. The van der Waals surface area contributed by atoms with Crippen LogP contribution >= 0.6 is 7.52 Å². The normalized spacial score (nSPS) is 22.6. The highest BCUT2D eigenvalue weighted by atomic mass is 31.2. The fourth-order valence-electron chi connectivity index (χ4n) is 3.49. The summed E-state index contributed by atoms with van der Waals surface area (Å²) in [5.41, 5.74) is -1.04. The standard InChI is InChI=1S/C21H28N3O7P/c1-14(2)30-19(26)12-22-32(28,17-7-5-4-6-8-17)29-13-16-11-15(3)20(31-16)24-10-9-18(25)23-21(24)27/h4-10,14-16,20H,11-13H2,1-3H3,(H,22,28)(H,23,25,27)/t15-,16?,20?,32?/m0/s1. The van der Waals surface area contributed by atoms with Crippen LogP contribution in [0.2, 0.25) is 0 Å². The van der Waals surface area contributed by atoms with Gasteiger partial charge in [0.25, 0.3) is 13.1 Å². The second-order valence-corrected chi connectivity index (χ2v) is 10.1. The molecule has 3 rings (SSSR count). The van der Waals surface area contributed by atoms with E-state index in [0.717, 1.165) is 0 Å². The number of nitrogens with one attached hydrogen (secondary N) is 2. The maximum absolute atomic E-state index is 13.6. The lowest BCUT2D eigenvalue weighted by Crippen LogP contribution is -2.33. The Kier molecular flexibility index (Phi) is 7.84. The number of H-pyrrole nitrogens is 1. The number of ether oxygens (including phenoxy) is 2. The zero-order valence-corrected chi connectivity index (χ0v) is 19.1. The monoisotopic (exact) mass is 465 g/mol. The number of hydrogen-bond acceptors (Lipinski definition) is 7. The molecule has 1 aliphatic rings. The van der Waals surface area contributed by atoms with E-state index in [1.54, 1.807) is 44.2 Å². The van der Waals surface area contributed by atoms with Gasteiger partial charge in [-0.15, -0.1) is 0 Å². The van der Waals surface area contributed by atoms with Crippen molar-refractivity contribution in [3.63, 3.8) is 0 Å². The summed E-state index contributed by atoms with van der Waals surface area (Å²) in [6.07, 6.45) is 0.638. The fraction of sp³-hybridized carbons (Fsp3) is 0.476. The van der Waals surface area contributed by atoms with E-state index < -0.39 is 37.1 Å². The van der Waals surface area contributed by atoms with Crippen molar-refractivity contribution in [1.82, 2.24) is 14.6 Å². The third-order valence-corrected chi connectivity index (χ3v) is 6.98. The molecule has 0 spiro atoms. The summed E-state index contributed by atoms with van der Waals surface area (Å²) < 4.78 is 31.8. The van der Waals surface area contributed by atoms with E-state index >= 15 is 0 Å². The molecule has 0 radical (unpaired) electrons. The first-order valence-electron chi connectivity index (χ1n) is 10.4. The second kappa shape index (κ2) is 10.4. The summed E-state index contributed by atoms with van der Waals surface area (Å²) in [6, 6.07) is 9.81. The molecule has 3 unspecified atom stereocenters. The molecule has 32 heavy (non-hydrogen) atoms. The van der Waals surface area contributed by atoms with Crippen molar-refractivity contribution in [3.05, 3.63) is 63.4 Å². The molecular formula is C21H28N3O7P. The number of hydrogen-bond donors (Lipinski definition) is 2. The Morgan fingerprint density at radius 3 is 2.66 bits per heavy atom. The van der Waals surface area contributed by atoms with Gasteiger partial charge in [0.15, 0.2) is 0 Å². The van der Waals surface area contributed by atoms with Crippen LogP contribution in [0.1, 0.15) is 33.4 Å². The van der Waals surface area contributed by atoms with Gasteiger partial charge in [0, 0.05) is 18.2 Å². The van der Waals surface area contributed by atoms with Crippen molar-refractivity contribution in [2.24, 2.45) is 5.92 Å². The number of carbonyl (C=O) groups excluding carboxylic acids is 1. The zero-order chi connectivity index (χ0) is 23.3. The highest BCUT2D eigenvalue weighted by molar-refractivity contribution is 7.65. The van der Waals surface area contributed by atoms with Crippen molar-refractivity contribution in [1.29, 1.82) is 0 Å². The van der Waals surface area contributed by atoms with E-state index in [-0.39, 0.29) is 25.2 Å². The third-order valence-electron chi connectivity index (χ3n) is 4.92. The molecular weight excluding hydrogens is 437 g/mol. The van der Waals surface area contributed by atoms with Crippen molar-refractivity contribution in [3.8, 4) is 0 Å². The Morgan fingerprint density at radius 1 is 1.28 bits per heavy atom. The first kappa shape index (κ1) is 24.1. The van der Waals surface area contributed by atoms with E-state index in [2.05, 4.69) is 10.1 Å². The predicted molar refractivity (Wildman–Crippen MR) is 118 cm³/mol. The van der Waals surface area contributed by atoms with Crippen molar-refractivity contribution in [2.75, 3.05) is 13.2 Å². The molecule has 2 N–H and O–H groups in total. The zero-order valence-electron chi connectivity index (χ0n) is 18.2. The molecule has 0 amide bonds. The number of benzene rings is 1. The molecule has 2 aromatic rings. The topological polar surface area (TPSA) is 129 Å². The van der Waals surface area contributed by atoms with E-state index in [1.165, 1.54) is 16.8 Å². The molecule has 4 atom stereocenters. The molecule has 174 valence electrons. The molecule has 1 aromatic carbocycles. The molecule has 0 aliphatic carbocycles. The molecule has 0 bridgehead atoms. The third kappa shape index (κ3) is 6.04. The molecule has 11 heteroatoms. The van der Waals surface area contributed by atoms with Gasteiger partial charge in [-0.2, -0.15) is 0 Å². The van der Waals surface area contributed by atoms with Crippen LogP contribution in [-0.2, 0) is 23.4 Å². The molecule has 0 saturated carbocycles. The molecule has 2 heterocycles. The molecule has 1 fully saturated rings. The number of rotatable bonds is 9. The first-order chi connectivity index (χ1) is 15.2. The number of esters is 1. The van der Waals surface area contributed by atoms with Gasteiger partial charge in [-0.25, -0.2) is 9.88 Å². The Bertz CT molecular complexity index is 1080. The van der Waals surface area contributed by atoms with Gasteiger partial charge in [-0.05, 0) is 32.4 Å². The maximum Gasteiger partial charge on any atom is 0.330 e. The minimum atomic E-state index is -3.60. The average molecular weight is 465 g/mol. The smallest absolute Gasteiger partial charge is 0.330 e. The summed E-state index contributed by atoms with van der Waals surface area (Å²) in [5.74, 6) is -0.583. The Labute approximate surface area is 185 Å². The number of carbonyl (C=O) groups is 1. The minimum absolute atomic E-state index is 0.0165. The van der Waals surface area contributed by atoms with Crippen LogP contribution in [0, 0.1) is 5.92 Å². The van der Waals surface area contributed by atoms with Crippen LogP contribution < -0.4 is 21.6 Å². The van der Waals surface area contributed by atoms with Crippen LogP contribution in [0.3, 0.4) is 0 Å². The summed E-state index contributed by atoms with van der Waals surface area (Å²) in [5, 5.41) is 3.13. The van der Waals surface area contributed by atoms with Gasteiger partial charge < -0.3 is 14.0 Å². The number of nitrogens with zero attached hydrogens (tertiary/aromatic N) is 1. The van der Waals surface area contributed by atoms with Gasteiger partial charge in [-0.1, -0.05) is 25.1 Å². The summed E-state index contributed by atoms with van der Waals surface area (Å²) in [6.45, 7) is 5.08. The van der Waals surface area contributed by atoms with Crippen molar-refractivity contribution < 1.29 is 23.4 Å². The average Bonchev–Trinajstić information content (AvgIpc) is 3.11. The quantitative estimate of drug-likeness (QED) is 0.422. The molecule has 1 saturated heterocycles. The second-order valence-electron chi connectivity index (χ2n) is 7.94. The SMILES string of the molecule is CC(C)OC(=O)CNP(=O)(OCC1C[C@H](C)C(n2ccc(=O)[nH]c2=O)O1)c1ccccc1. The van der Waals surface area contributed by atoms with E-state index in [0.29, 0.717) is 11.7 Å². The summed E-state index contributed by atoms with van der Waals surface area (Å²) in [7, 11) is -3.60. The van der Waals surface area contributed by atoms with Crippen LogP contribution in [0.15, 0.2) is 52.2 Å². The van der Waals surface area contributed by atoms with E-state index in [4.69, 9.17) is 14.0 Å². The largest absolute Gasteiger partial charge is 0.462 e. The molecule has 1 aliphatic heterocycles. The van der Waals surface area contributed by atoms with Gasteiger partial charge in [-0.3, -0.25) is 23.7 Å². The van der Waals surface area contributed by atoms with Gasteiger partial charge in [0.1, 0.15) is 12.8 Å². The Morgan fingerprint density at radius 2 is 2.00 bits per heavy atom. The lowest BCUT2D eigenvalue weighted by Gasteiger charge is -2.22. The van der Waals surface area contributed by atoms with Crippen molar-refractivity contribution in [2.45, 2.75) is 45.6 Å². The highest BCUT2D eigenvalue weighted by Crippen LogP contribution is 2.43. The molecule has 10 nitrogen and oxygen atoms in total. The Hall–Kier alpha value is -2.52. The lowest BCUT2D eigenvalue weighted by molar-refractivity contribution is -0.145. The fourth-order valence-corrected chi connectivity index (χ4v) is 5.19. The van der Waals surface area contributed by atoms with E-state index in [1.807, 2.05) is 6.92 Å². The first-order valence-corrected chi connectivity index (χ1v) is 12.0. The lowest BCUT2D eigenvalue weighted by atomic mass is 10.1. The molecule has 1 aromatic heterocycles. The van der Waals surface area contributed by atoms with Crippen LogP contribution in [0.5, 0.6) is 0 Å². The van der Waals surface area contributed by atoms with Gasteiger partial charge in [0.05, 0.1) is 24.1 Å². The van der Waals surface area contributed by atoms with Crippen LogP contribution in [0.4, 0.5) is 0 Å². The summed E-state index contributed by atoms with van der Waals surface area (Å²) >= 11 is 0.